The molecule has 0 saturated carbocycles. The van der Waals surface area contributed by atoms with Crippen LogP contribution >= 0.6 is 11.8 Å². The zero-order valence-electron chi connectivity index (χ0n) is 14.9. The molecule has 0 aliphatic carbocycles. The van der Waals surface area contributed by atoms with Crippen molar-refractivity contribution in [2.75, 3.05) is 22.1 Å². The van der Waals surface area contributed by atoms with Gasteiger partial charge in [0.2, 0.25) is 11.8 Å². The smallest absolute Gasteiger partial charge is 0.234 e. The summed E-state index contributed by atoms with van der Waals surface area (Å²) in [6.07, 6.45) is 0.864. The molecule has 25 heavy (non-hydrogen) atoms. The molecule has 2 amide bonds. The number of thioether (sulfide) groups is 1. The summed E-state index contributed by atoms with van der Waals surface area (Å²) in [5.41, 5.74) is 4.93. The molecule has 132 valence electrons. The number of carbonyl (C=O) groups is 2. The number of nitrogens with one attached hydrogen (secondary N) is 2. The lowest BCUT2D eigenvalue weighted by Gasteiger charge is -2.12. The molecule has 0 aliphatic rings. The van der Waals surface area contributed by atoms with Gasteiger partial charge in [0.1, 0.15) is 0 Å². The molecule has 5 heteroatoms. The zero-order valence-corrected chi connectivity index (χ0v) is 15.7. The predicted molar refractivity (Wildman–Crippen MR) is 106 cm³/mol. The molecule has 2 aromatic rings. The van der Waals surface area contributed by atoms with Gasteiger partial charge in [-0.3, -0.25) is 9.59 Å². The highest BCUT2D eigenvalue weighted by atomic mass is 32.2. The van der Waals surface area contributed by atoms with Gasteiger partial charge in [-0.05, 0) is 49.1 Å². The molecule has 0 unspecified atom stereocenters. The second kappa shape index (κ2) is 9.28. The molecular weight excluding hydrogens is 332 g/mol. The molecule has 0 heterocycles. The molecule has 0 saturated heterocycles. The lowest BCUT2D eigenvalue weighted by atomic mass is 10.1. The van der Waals surface area contributed by atoms with E-state index >= 15 is 0 Å². The van der Waals surface area contributed by atoms with E-state index in [0.717, 1.165) is 34.5 Å². The number of anilines is 2. The molecule has 0 radical (unpaired) electrons. The van der Waals surface area contributed by atoms with Crippen molar-refractivity contribution in [3.8, 4) is 0 Å². The Labute approximate surface area is 153 Å². The van der Waals surface area contributed by atoms with Crippen molar-refractivity contribution in [1.29, 1.82) is 0 Å². The first-order chi connectivity index (χ1) is 12.0. The van der Waals surface area contributed by atoms with Gasteiger partial charge < -0.3 is 10.6 Å². The zero-order chi connectivity index (χ0) is 18.2. The predicted octanol–water partition coefficient (Wildman–Crippen LogP) is 4.18. The van der Waals surface area contributed by atoms with E-state index in [1.807, 2.05) is 56.3 Å². The van der Waals surface area contributed by atoms with E-state index in [2.05, 4.69) is 17.6 Å². The van der Waals surface area contributed by atoms with E-state index in [0.29, 0.717) is 0 Å². The van der Waals surface area contributed by atoms with Crippen LogP contribution in [0.3, 0.4) is 0 Å². The number of para-hydroxylation sites is 1. The van der Waals surface area contributed by atoms with Crippen molar-refractivity contribution in [2.24, 2.45) is 0 Å². The normalized spacial score (nSPS) is 10.4. The first-order valence-electron chi connectivity index (χ1n) is 8.32. The van der Waals surface area contributed by atoms with Crippen molar-refractivity contribution in [1.82, 2.24) is 0 Å². The monoisotopic (exact) mass is 356 g/mol. The van der Waals surface area contributed by atoms with Crippen LogP contribution in [0.1, 0.15) is 23.6 Å². The summed E-state index contributed by atoms with van der Waals surface area (Å²) in [6.45, 7) is 6.02. The highest BCUT2D eigenvalue weighted by Gasteiger charge is 2.10. The fourth-order valence-corrected chi connectivity index (χ4v) is 3.15. The number of rotatable bonds is 7. The molecule has 0 aliphatic heterocycles. The van der Waals surface area contributed by atoms with Crippen molar-refractivity contribution < 1.29 is 9.59 Å². The molecule has 2 aromatic carbocycles. The molecule has 2 rings (SSSR count). The van der Waals surface area contributed by atoms with E-state index in [1.54, 1.807) is 0 Å². The largest absolute Gasteiger partial charge is 0.325 e. The Morgan fingerprint density at radius 3 is 2.32 bits per heavy atom. The van der Waals surface area contributed by atoms with Gasteiger partial charge >= 0.3 is 0 Å². The van der Waals surface area contributed by atoms with Crippen LogP contribution in [0, 0.1) is 13.8 Å². The van der Waals surface area contributed by atoms with Crippen molar-refractivity contribution in [2.45, 2.75) is 27.2 Å². The molecule has 0 aromatic heterocycles. The summed E-state index contributed by atoms with van der Waals surface area (Å²) in [7, 11) is 0. The Bertz CT molecular complexity index is 759. The fraction of sp³-hybridized carbons (Fsp3) is 0.300. The summed E-state index contributed by atoms with van der Waals surface area (Å²) >= 11 is 1.31. The maximum Gasteiger partial charge on any atom is 0.234 e. The molecule has 4 nitrogen and oxygen atoms in total. The lowest BCUT2D eigenvalue weighted by molar-refractivity contribution is -0.114. The first kappa shape index (κ1) is 19.1. The van der Waals surface area contributed by atoms with Gasteiger partial charge in [0.25, 0.3) is 0 Å². The second-order valence-electron chi connectivity index (χ2n) is 5.92. The molecule has 0 atom stereocenters. The highest BCUT2D eigenvalue weighted by Crippen LogP contribution is 2.21. The number of hydrogen-bond acceptors (Lipinski definition) is 3. The average molecular weight is 356 g/mol. The SMILES string of the molecule is CCc1cccc(C)c1NC(=O)CSCC(=O)Nc1cccc(C)c1. The lowest BCUT2D eigenvalue weighted by Crippen LogP contribution is -2.19. The molecular formula is C20H24N2O2S. The van der Waals surface area contributed by atoms with Gasteiger partial charge in [0.15, 0.2) is 0 Å². The highest BCUT2D eigenvalue weighted by molar-refractivity contribution is 8.00. The third-order valence-electron chi connectivity index (χ3n) is 3.77. The van der Waals surface area contributed by atoms with Crippen LogP contribution in [0.2, 0.25) is 0 Å². The Kier molecular flexibility index (Phi) is 7.07. The molecule has 0 spiro atoms. The van der Waals surface area contributed by atoms with Gasteiger partial charge in [-0.25, -0.2) is 0 Å². The minimum absolute atomic E-state index is 0.0858. The Hall–Kier alpha value is -2.27. The number of hydrogen-bond donors (Lipinski definition) is 2. The first-order valence-corrected chi connectivity index (χ1v) is 9.47. The quantitative estimate of drug-likeness (QED) is 0.782. The summed E-state index contributed by atoms with van der Waals surface area (Å²) in [6, 6.07) is 13.6. The van der Waals surface area contributed by atoms with Gasteiger partial charge in [-0.1, -0.05) is 37.3 Å². The van der Waals surface area contributed by atoms with Crippen LogP contribution in [-0.2, 0) is 16.0 Å². The minimum atomic E-state index is -0.103. The van der Waals surface area contributed by atoms with Crippen LogP contribution in [0.5, 0.6) is 0 Å². The van der Waals surface area contributed by atoms with E-state index in [9.17, 15) is 9.59 Å². The van der Waals surface area contributed by atoms with Gasteiger partial charge in [0.05, 0.1) is 11.5 Å². The summed E-state index contributed by atoms with van der Waals surface area (Å²) < 4.78 is 0. The third kappa shape index (κ3) is 5.94. The Morgan fingerprint density at radius 1 is 0.960 bits per heavy atom. The standard InChI is InChI=1S/C20H24N2O2S/c1-4-16-9-6-8-15(3)20(16)22-19(24)13-25-12-18(23)21-17-10-5-7-14(2)11-17/h5-11H,4,12-13H2,1-3H3,(H,21,23)(H,22,24). The summed E-state index contributed by atoms with van der Waals surface area (Å²) in [5.74, 6) is 0.306. The molecule has 0 fully saturated rings. The molecule has 2 N–H and O–H groups in total. The maximum atomic E-state index is 12.2. The number of carbonyl (C=O) groups excluding carboxylic acids is 2. The number of aryl methyl sites for hydroxylation is 3. The van der Waals surface area contributed by atoms with Crippen LogP contribution in [0.4, 0.5) is 11.4 Å². The number of benzene rings is 2. The van der Waals surface area contributed by atoms with E-state index in [4.69, 9.17) is 0 Å². The van der Waals surface area contributed by atoms with Crippen LogP contribution in [-0.4, -0.2) is 23.3 Å². The summed E-state index contributed by atoms with van der Waals surface area (Å²) in [5, 5.41) is 5.81. The van der Waals surface area contributed by atoms with Crippen molar-refractivity contribution >= 4 is 35.0 Å². The van der Waals surface area contributed by atoms with E-state index in [1.165, 1.54) is 11.8 Å². The number of amides is 2. The summed E-state index contributed by atoms with van der Waals surface area (Å²) in [4.78, 5) is 24.1. The van der Waals surface area contributed by atoms with Crippen LogP contribution < -0.4 is 10.6 Å². The third-order valence-corrected chi connectivity index (χ3v) is 4.71. The van der Waals surface area contributed by atoms with E-state index in [-0.39, 0.29) is 23.3 Å². The van der Waals surface area contributed by atoms with Crippen LogP contribution in [0.15, 0.2) is 42.5 Å². The minimum Gasteiger partial charge on any atom is -0.325 e. The topological polar surface area (TPSA) is 58.2 Å². The van der Waals surface area contributed by atoms with E-state index < -0.39 is 0 Å². The van der Waals surface area contributed by atoms with Crippen molar-refractivity contribution in [3.05, 3.63) is 59.2 Å². The fourth-order valence-electron chi connectivity index (χ4n) is 2.53. The average Bonchev–Trinajstić information content (AvgIpc) is 2.56. The van der Waals surface area contributed by atoms with Crippen molar-refractivity contribution in [3.63, 3.8) is 0 Å². The maximum absolute atomic E-state index is 12.2. The Balaban J connectivity index is 1.80. The second-order valence-corrected chi connectivity index (χ2v) is 6.91. The van der Waals surface area contributed by atoms with Crippen LogP contribution in [0.25, 0.3) is 0 Å². The van der Waals surface area contributed by atoms with Gasteiger partial charge in [0, 0.05) is 11.4 Å². The van der Waals surface area contributed by atoms with Gasteiger partial charge in [-0.2, -0.15) is 0 Å². The van der Waals surface area contributed by atoms with Gasteiger partial charge in [-0.15, -0.1) is 11.8 Å². The Morgan fingerprint density at radius 2 is 1.64 bits per heavy atom. The molecule has 0 bridgehead atoms.